The van der Waals surface area contributed by atoms with E-state index in [4.69, 9.17) is 28.9 Å². The number of benzene rings is 2. The minimum absolute atomic E-state index is 0.381. The molecule has 1 aliphatic carbocycles. The Morgan fingerprint density at radius 2 is 1.79 bits per heavy atom. The molecule has 3 atom stereocenters. The molecule has 2 aromatic heterocycles. The third-order valence-corrected chi connectivity index (χ3v) is 9.50. The molecule has 204 valence electrons. The Kier molecular flexibility index (Phi) is 7.43. The highest BCUT2D eigenvalue weighted by molar-refractivity contribution is 7.80. The summed E-state index contributed by atoms with van der Waals surface area (Å²) >= 11 is 12.5. The van der Waals surface area contributed by atoms with Crippen LogP contribution >= 0.6 is 23.8 Å². The molecular weight excluding hydrogens is 522 g/mol. The number of nitrogens with one attached hydrogen (secondary N) is 2. The number of halogens is 1. The fourth-order valence-corrected chi connectivity index (χ4v) is 6.91. The summed E-state index contributed by atoms with van der Waals surface area (Å²) in [6, 6.07) is 17.1. The molecule has 2 N–H and O–H groups in total. The molecule has 0 amide bonds. The maximum absolute atomic E-state index is 6.30. The van der Waals surface area contributed by atoms with Crippen LogP contribution in [0.5, 0.6) is 0 Å². The second-order valence-electron chi connectivity index (χ2n) is 11.5. The lowest BCUT2D eigenvalue weighted by atomic mass is 9.78. The fraction of sp³-hybridized carbons (Fsp3) is 0.438. The van der Waals surface area contributed by atoms with Crippen LogP contribution in [0.25, 0.3) is 16.8 Å². The molecule has 4 aromatic rings. The van der Waals surface area contributed by atoms with E-state index in [1.807, 2.05) is 12.1 Å². The van der Waals surface area contributed by atoms with Gasteiger partial charge in [-0.25, -0.2) is 4.52 Å². The van der Waals surface area contributed by atoms with Crippen LogP contribution in [0.15, 0.2) is 48.5 Å². The van der Waals surface area contributed by atoms with Gasteiger partial charge in [0.05, 0.1) is 6.54 Å². The Labute approximate surface area is 241 Å². The molecule has 2 aromatic carbocycles. The summed E-state index contributed by atoms with van der Waals surface area (Å²) in [5.74, 6) is 2.32. The van der Waals surface area contributed by atoms with Gasteiger partial charge in [-0.1, -0.05) is 80.3 Å². The van der Waals surface area contributed by atoms with Crippen LogP contribution in [0.4, 0.5) is 5.69 Å². The third-order valence-electron chi connectivity index (χ3n) is 8.94. The number of aromatic nitrogens is 3. The number of rotatable bonds is 6. The van der Waals surface area contributed by atoms with Gasteiger partial charge in [-0.15, -0.1) is 0 Å². The van der Waals surface area contributed by atoms with Crippen LogP contribution in [0.3, 0.4) is 0 Å². The van der Waals surface area contributed by atoms with Crippen molar-refractivity contribution in [2.45, 2.75) is 78.4 Å². The van der Waals surface area contributed by atoms with E-state index < -0.39 is 0 Å². The maximum atomic E-state index is 6.30. The van der Waals surface area contributed by atoms with Gasteiger partial charge < -0.3 is 15.2 Å². The van der Waals surface area contributed by atoms with Gasteiger partial charge in [-0.3, -0.25) is 0 Å². The summed E-state index contributed by atoms with van der Waals surface area (Å²) in [5.41, 5.74) is 8.26. The Balaban J connectivity index is 1.45. The molecule has 0 radical (unpaired) electrons. The molecule has 39 heavy (non-hydrogen) atoms. The Morgan fingerprint density at radius 1 is 1.03 bits per heavy atom. The van der Waals surface area contributed by atoms with Gasteiger partial charge >= 0.3 is 0 Å². The number of aryl methyl sites for hydroxylation is 3. The van der Waals surface area contributed by atoms with E-state index in [0.717, 1.165) is 65.0 Å². The Morgan fingerprint density at radius 3 is 2.56 bits per heavy atom. The molecule has 5 nitrogen and oxygen atoms in total. The first-order chi connectivity index (χ1) is 18.9. The van der Waals surface area contributed by atoms with Crippen molar-refractivity contribution in [3.8, 4) is 11.1 Å². The minimum atomic E-state index is 0.381. The maximum Gasteiger partial charge on any atom is 0.150 e. The van der Waals surface area contributed by atoms with Gasteiger partial charge in [0, 0.05) is 34.4 Å². The topological polar surface area (TPSA) is 46.3 Å². The van der Waals surface area contributed by atoms with E-state index >= 15 is 0 Å². The highest BCUT2D eigenvalue weighted by atomic mass is 35.5. The summed E-state index contributed by atoms with van der Waals surface area (Å²) in [4.78, 5) is 0.801. The summed E-state index contributed by atoms with van der Waals surface area (Å²) in [7, 11) is 0. The van der Waals surface area contributed by atoms with Crippen molar-refractivity contribution in [2.24, 2.45) is 11.8 Å². The average Bonchev–Trinajstić information content (AvgIpc) is 3.33. The largest absolute Gasteiger partial charge is 0.378 e. The number of thiocarbonyl (C=S) groups is 1. The fourth-order valence-electron chi connectivity index (χ4n) is 6.45. The van der Waals surface area contributed by atoms with Crippen LogP contribution in [0.2, 0.25) is 5.02 Å². The second kappa shape index (κ2) is 11.0. The van der Waals surface area contributed by atoms with Gasteiger partial charge in [0.15, 0.2) is 5.82 Å². The number of nitrogens with zero attached hydrogens (tertiary/aromatic N) is 3. The van der Waals surface area contributed by atoms with Crippen LogP contribution in [-0.2, 0) is 19.5 Å². The van der Waals surface area contributed by atoms with Crippen LogP contribution < -0.4 is 10.6 Å². The lowest BCUT2D eigenvalue weighted by Crippen LogP contribution is -2.43. The van der Waals surface area contributed by atoms with Crippen molar-refractivity contribution < 1.29 is 0 Å². The molecule has 7 heteroatoms. The molecule has 2 aliphatic rings. The number of hydrogen-bond donors (Lipinski definition) is 2. The summed E-state index contributed by atoms with van der Waals surface area (Å²) in [6.07, 6.45) is 6.98. The highest BCUT2D eigenvalue weighted by Crippen LogP contribution is 2.38. The molecule has 0 bridgehead atoms. The summed E-state index contributed by atoms with van der Waals surface area (Å²) < 4.78 is 4.56. The van der Waals surface area contributed by atoms with Crippen molar-refractivity contribution in [1.29, 1.82) is 0 Å². The molecule has 1 fully saturated rings. The smallest absolute Gasteiger partial charge is 0.150 e. The molecular formula is C32H38ClN5S. The summed E-state index contributed by atoms with van der Waals surface area (Å²) in [6.45, 7) is 8.47. The first-order valence-corrected chi connectivity index (χ1v) is 15.2. The van der Waals surface area contributed by atoms with Crippen molar-refractivity contribution in [3.05, 3.63) is 76.2 Å². The Hall–Kier alpha value is -2.83. The zero-order valence-electron chi connectivity index (χ0n) is 23.1. The predicted molar refractivity (Wildman–Crippen MR) is 166 cm³/mol. The molecule has 1 aliphatic heterocycles. The van der Waals surface area contributed by atoms with Gasteiger partial charge in [-0.2, -0.15) is 5.10 Å². The second-order valence-corrected chi connectivity index (χ2v) is 12.4. The van der Waals surface area contributed by atoms with E-state index in [0.29, 0.717) is 24.4 Å². The van der Waals surface area contributed by atoms with Crippen LogP contribution in [0.1, 0.15) is 68.6 Å². The number of anilines is 1. The van der Waals surface area contributed by atoms with Crippen molar-refractivity contribution in [1.82, 2.24) is 19.5 Å². The summed E-state index contributed by atoms with van der Waals surface area (Å²) in [5, 5.41) is 13.4. The molecule has 0 saturated heterocycles. The van der Waals surface area contributed by atoms with E-state index in [9.17, 15) is 0 Å². The first-order valence-electron chi connectivity index (χ1n) is 14.4. The third kappa shape index (κ3) is 5.09. The van der Waals surface area contributed by atoms with Crippen LogP contribution in [0, 0.1) is 18.8 Å². The van der Waals surface area contributed by atoms with E-state index in [-0.39, 0.29) is 0 Å². The Bertz CT molecular complexity index is 1480. The lowest BCUT2D eigenvalue weighted by molar-refractivity contribution is 0.225. The molecule has 3 unspecified atom stereocenters. The quantitative estimate of drug-likeness (QED) is 0.237. The van der Waals surface area contributed by atoms with E-state index in [2.05, 4.69) is 76.9 Å². The van der Waals surface area contributed by atoms with E-state index in [1.165, 1.54) is 35.2 Å². The van der Waals surface area contributed by atoms with Crippen molar-refractivity contribution in [2.75, 3.05) is 5.32 Å². The van der Waals surface area contributed by atoms with Gasteiger partial charge in [0.25, 0.3) is 0 Å². The minimum Gasteiger partial charge on any atom is -0.378 e. The lowest BCUT2D eigenvalue weighted by Gasteiger charge is -2.35. The van der Waals surface area contributed by atoms with Gasteiger partial charge in [-0.05, 0) is 74.3 Å². The van der Waals surface area contributed by atoms with Gasteiger partial charge in [0.1, 0.15) is 16.3 Å². The zero-order chi connectivity index (χ0) is 27.1. The standard InChI is InChI=1S/C32H38ClN5S/c1-20-10-16-25(17-11-20)34-19-28-36-38-30(31(39)35-27-9-6-7-21(2)22(27)3)29(23-12-14-24(33)15-13-23)26-8-4-5-18-37(28)32(26)38/h10-17,21-22,27,34H,4-9,18-19H2,1-3H3,(H,35,39). The van der Waals surface area contributed by atoms with Crippen LogP contribution in [-0.4, -0.2) is 25.2 Å². The van der Waals surface area contributed by atoms with E-state index in [1.54, 1.807) is 0 Å². The SMILES string of the molecule is Cc1ccc(NCc2nn3c(C(=S)NC4CCCC(C)C4C)c(-c4ccc(Cl)cc4)c4c3n2CCCC4)cc1. The average molecular weight is 560 g/mol. The first kappa shape index (κ1) is 26.4. The van der Waals surface area contributed by atoms with Crippen molar-refractivity contribution >= 4 is 40.1 Å². The monoisotopic (exact) mass is 559 g/mol. The number of hydrogen-bond acceptors (Lipinski definition) is 3. The highest BCUT2D eigenvalue weighted by Gasteiger charge is 2.32. The zero-order valence-corrected chi connectivity index (χ0v) is 24.7. The van der Waals surface area contributed by atoms with Gasteiger partial charge in [0.2, 0.25) is 0 Å². The molecule has 1 saturated carbocycles. The molecule has 0 spiro atoms. The molecule has 3 heterocycles. The predicted octanol–water partition coefficient (Wildman–Crippen LogP) is 7.80. The molecule has 6 rings (SSSR count). The normalized spacial score (nSPS) is 21.1. The van der Waals surface area contributed by atoms with Crippen molar-refractivity contribution in [3.63, 3.8) is 0 Å².